The number of benzene rings is 1. The first-order valence-electron chi connectivity index (χ1n) is 8.94. The molecule has 1 aromatic carbocycles. The maximum absolute atomic E-state index is 12.1. The van der Waals surface area contributed by atoms with Gasteiger partial charge in [-0.15, -0.1) is 0 Å². The van der Waals surface area contributed by atoms with Gasteiger partial charge >= 0.3 is 0 Å². The third-order valence-corrected chi connectivity index (χ3v) is 4.61. The van der Waals surface area contributed by atoms with Gasteiger partial charge < -0.3 is 25.4 Å². The summed E-state index contributed by atoms with van der Waals surface area (Å²) < 4.78 is 10.7. The zero-order chi connectivity index (χ0) is 18.4. The molecule has 0 spiro atoms. The number of rotatable bonds is 8. The SMILES string of the molecule is COc1cc(OC)cc(N2CCC(CNC(=O)[C@@H](N)CC(C)C)C2)c1. The fraction of sp³-hybridized carbons (Fsp3) is 0.632. The van der Waals surface area contributed by atoms with Crippen LogP contribution in [0.3, 0.4) is 0 Å². The van der Waals surface area contributed by atoms with Crippen LogP contribution in [-0.4, -0.2) is 45.8 Å². The zero-order valence-corrected chi connectivity index (χ0v) is 15.7. The van der Waals surface area contributed by atoms with Crippen LogP contribution in [0.5, 0.6) is 11.5 Å². The number of nitrogens with one attached hydrogen (secondary N) is 1. The molecule has 1 fully saturated rings. The van der Waals surface area contributed by atoms with E-state index in [1.807, 2.05) is 18.2 Å². The first-order chi connectivity index (χ1) is 11.9. The van der Waals surface area contributed by atoms with Crippen molar-refractivity contribution in [3.05, 3.63) is 18.2 Å². The lowest BCUT2D eigenvalue weighted by atomic mass is 10.0. The lowest BCUT2D eigenvalue weighted by Gasteiger charge is -2.21. The Morgan fingerprint density at radius 1 is 1.28 bits per heavy atom. The summed E-state index contributed by atoms with van der Waals surface area (Å²) in [7, 11) is 3.31. The predicted molar refractivity (Wildman–Crippen MR) is 100 cm³/mol. The molecule has 3 N–H and O–H groups in total. The molecule has 1 unspecified atom stereocenters. The lowest BCUT2D eigenvalue weighted by Crippen LogP contribution is -2.43. The van der Waals surface area contributed by atoms with E-state index in [1.54, 1.807) is 14.2 Å². The van der Waals surface area contributed by atoms with Crippen LogP contribution in [0.15, 0.2) is 18.2 Å². The Morgan fingerprint density at radius 2 is 1.92 bits per heavy atom. The van der Waals surface area contributed by atoms with E-state index < -0.39 is 6.04 Å². The number of ether oxygens (including phenoxy) is 2. The van der Waals surface area contributed by atoms with E-state index in [2.05, 4.69) is 24.1 Å². The highest BCUT2D eigenvalue weighted by molar-refractivity contribution is 5.81. The van der Waals surface area contributed by atoms with Gasteiger partial charge in [0.1, 0.15) is 11.5 Å². The minimum absolute atomic E-state index is 0.0461. The number of amides is 1. The first kappa shape index (κ1) is 19.4. The second kappa shape index (κ2) is 8.94. The van der Waals surface area contributed by atoms with Crippen LogP contribution < -0.4 is 25.4 Å². The fourth-order valence-corrected chi connectivity index (χ4v) is 3.20. The van der Waals surface area contributed by atoms with Crippen molar-refractivity contribution in [3.8, 4) is 11.5 Å². The molecular weight excluding hydrogens is 318 g/mol. The van der Waals surface area contributed by atoms with Crippen LogP contribution in [0.2, 0.25) is 0 Å². The van der Waals surface area contributed by atoms with Gasteiger partial charge in [0.2, 0.25) is 5.91 Å². The molecular formula is C19H31N3O3. The van der Waals surface area contributed by atoms with Crippen molar-refractivity contribution in [3.63, 3.8) is 0 Å². The van der Waals surface area contributed by atoms with E-state index >= 15 is 0 Å². The average molecular weight is 349 g/mol. The van der Waals surface area contributed by atoms with Crippen LogP contribution in [-0.2, 0) is 4.79 Å². The monoisotopic (exact) mass is 349 g/mol. The Bertz CT molecular complexity index is 555. The summed E-state index contributed by atoms with van der Waals surface area (Å²) >= 11 is 0. The molecule has 1 amide bonds. The molecule has 140 valence electrons. The standard InChI is InChI=1S/C19H31N3O3/c1-13(2)7-18(20)19(23)21-11-14-5-6-22(12-14)15-8-16(24-3)10-17(9-15)25-4/h8-10,13-14,18H,5-7,11-12,20H2,1-4H3,(H,21,23)/t14?,18-/m0/s1. The number of methoxy groups -OCH3 is 2. The van der Waals surface area contributed by atoms with Crippen LogP contribution >= 0.6 is 0 Å². The average Bonchev–Trinajstić information content (AvgIpc) is 3.07. The second-order valence-electron chi connectivity index (χ2n) is 7.15. The van der Waals surface area contributed by atoms with Crippen molar-refractivity contribution in [1.82, 2.24) is 5.32 Å². The van der Waals surface area contributed by atoms with E-state index in [1.165, 1.54) is 0 Å². The normalized spacial score (nSPS) is 18.3. The van der Waals surface area contributed by atoms with Crippen molar-refractivity contribution in [2.45, 2.75) is 32.7 Å². The lowest BCUT2D eigenvalue weighted by molar-refractivity contribution is -0.122. The number of carbonyl (C=O) groups is 1. The number of hydrogen-bond donors (Lipinski definition) is 2. The summed E-state index contributed by atoms with van der Waals surface area (Å²) in [6.45, 7) is 6.67. The Hall–Kier alpha value is -1.95. The van der Waals surface area contributed by atoms with E-state index in [0.29, 0.717) is 24.8 Å². The summed E-state index contributed by atoms with van der Waals surface area (Å²) in [5.74, 6) is 2.37. The summed E-state index contributed by atoms with van der Waals surface area (Å²) in [6, 6.07) is 5.48. The number of carbonyl (C=O) groups excluding carboxylic acids is 1. The molecule has 1 aliphatic rings. The topological polar surface area (TPSA) is 76.8 Å². The molecule has 1 heterocycles. The highest BCUT2D eigenvalue weighted by Gasteiger charge is 2.25. The van der Waals surface area contributed by atoms with E-state index in [9.17, 15) is 4.79 Å². The van der Waals surface area contributed by atoms with Crippen LogP contribution in [0, 0.1) is 11.8 Å². The predicted octanol–water partition coefficient (Wildman–Crippen LogP) is 2.02. The van der Waals surface area contributed by atoms with Gasteiger partial charge in [0.05, 0.1) is 20.3 Å². The summed E-state index contributed by atoms with van der Waals surface area (Å²) in [5.41, 5.74) is 7.02. The zero-order valence-electron chi connectivity index (χ0n) is 15.7. The fourth-order valence-electron chi connectivity index (χ4n) is 3.20. The summed E-state index contributed by atoms with van der Waals surface area (Å²) in [6.07, 6.45) is 1.76. The molecule has 1 aliphatic heterocycles. The number of nitrogens with two attached hydrogens (primary N) is 1. The molecule has 0 aliphatic carbocycles. The van der Waals surface area contributed by atoms with Gasteiger partial charge in [0, 0.05) is 43.5 Å². The van der Waals surface area contributed by atoms with Gasteiger partial charge in [-0.25, -0.2) is 0 Å². The molecule has 0 aromatic heterocycles. The van der Waals surface area contributed by atoms with Crippen LogP contribution in [0.1, 0.15) is 26.7 Å². The Labute approximate surface area is 150 Å². The van der Waals surface area contributed by atoms with E-state index in [-0.39, 0.29) is 5.91 Å². The quantitative estimate of drug-likeness (QED) is 0.751. The summed E-state index contributed by atoms with van der Waals surface area (Å²) in [5, 5.41) is 3.01. The Balaban J connectivity index is 1.88. The molecule has 2 atom stereocenters. The van der Waals surface area contributed by atoms with Crippen LogP contribution in [0.4, 0.5) is 5.69 Å². The number of nitrogens with zero attached hydrogens (tertiary/aromatic N) is 1. The Morgan fingerprint density at radius 3 is 2.48 bits per heavy atom. The Kier molecular flexibility index (Phi) is 6.93. The maximum Gasteiger partial charge on any atom is 0.236 e. The van der Waals surface area contributed by atoms with Crippen molar-refractivity contribution in [1.29, 1.82) is 0 Å². The molecule has 0 radical (unpaired) electrons. The molecule has 0 saturated carbocycles. The molecule has 6 nitrogen and oxygen atoms in total. The maximum atomic E-state index is 12.1. The second-order valence-corrected chi connectivity index (χ2v) is 7.15. The van der Waals surface area contributed by atoms with Gasteiger partial charge in [0.25, 0.3) is 0 Å². The molecule has 1 saturated heterocycles. The van der Waals surface area contributed by atoms with Gasteiger partial charge in [-0.1, -0.05) is 13.8 Å². The van der Waals surface area contributed by atoms with Gasteiger partial charge in [-0.3, -0.25) is 4.79 Å². The van der Waals surface area contributed by atoms with Crippen molar-refractivity contribution in [2.75, 3.05) is 38.8 Å². The molecule has 25 heavy (non-hydrogen) atoms. The van der Waals surface area contributed by atoms with Gasteiger partial charge in [-0.2, -0.15) is 0 Å². The minimum atomic E-state index is -0.417. The largest absolute Gasteiger partial charge is 0.497 e. The van der Waals surface area contributed by atoms with Gasteiger partial charge in [0.15, 0.2) is 0 Å². The third-order valence-electron chi connectivity index (χ3n) is 4.61. The molecule has 1 aromatic rings. The van der Waals surface area contributed by atoms with Crippen molar-refractivity contribution >= 4 is 11.6 Å². The molecule has 2 rings (SSSR count). The smallest absolute Gasteiger partial charge is 0.236 e. The third kappa shape index (κ3) is 5.53. The number of hydrogen-bond acceptors (Lipinski definition) is 5. The minimum Gasteiger partial charge on any atom is -0.497 e. The highest BCUT2D eigenvalue weighted by atomic mass is 16.5. The van der Waals surface area contributed by atoms with Gasteiger partial charge in [-0.05, 0) is 24.7 Å². The molecule has 0 bridgehead atoms. The van der Waals surface area contributed by atoms with E-state index in [4.69, 9.17) is 15.2 Å². The van der Waals surface area contributed by atoms with Crippen molar-refractivity contribution in [2.24, 2.45) is 17.6 Å². The molecule has 6 heteroatoms. The van der Waals surface area contributed by atoms with Crippen molar-refractivity contribution < 1.29 is 14.3 Å². The van der Waals surface area contributed by atoms with Crippen LogP contribution in [0.25, 0.3) is 0 Å². The highest BCUT2D eigenvalue weighted by Crippen LogP contribution is 2.31. The van der Waals surface area contributed by atoms with E-state index in [0.717, 1.165) is 36.7 Å². The first-order valence-corrected chi connectivity index (χ1v) is 8.94. The summed E-state index contributed by atoms with van der Waals surface area (Å²) in [4.78, 5) is 14.4. The number of anilines is 1.